The number of anilines is 3. The van der Waals surface area contributed by atoms with Gasteiger partial charge in [0, 0.05) is 28.3 Å². The smallest absolute Gasteiger partial charge is 0.455 e. The van der Waals surface area contributed by atoms with Gasteiger partial charge in [0.05, 0.1) is 20.0 Å². The number of pyridine rings is 2. The molecule has 5 aromatic carbocycles. The fraction of sp³-hybridized carbons (Fsp3) is 0.0698. The number of para-hydroxylation sites is 2. The minimum Gasteiger partial charge on any atom is -0.455 e. The van der Waals surface area contributed by atoms with Crippen LogP contribution in [0.15, 0.2) is 144 Å². The Morgan fingerprint density at radius 2 is 1.36 bits per heavy atom. The maximum Gasteiger partial charge on any atom is 2.00 e. The van der Waals surface area contributed by atoms with E-state index in [-0.39, 0.29) is 26.9 Å². The molecular weight excluding hydrogens is 817 g/mol. The van der Waals surface area contributed by atoms with Crippen molar-refractivity contribution in [1.82, 2.24) is 9.97 Å². The first kappa shape index (κ1) is 33.3. The topological polar surface area (TPSA) is 42.2 Å². The second kappa shape index (κ2) is 13.6. The first-order chi connectivity index (χ1) is 23.8. The van der Waals surface area contributed by atoms with Crippen molar-refractivity contribution in [3.8, 4) is 33.6 Å². The van der Waals surface area contributed by atoms with Gasteiger partial charge in [-0.2, -0.15) is 0 Å². The second-order valence-corrected chi connectivity index (χ2v) is 18.2. The van der Waals surface area contributed by atoms with E-state index in [1.165, 1.54) is 17.3 Å². The van der Waals surface area contributed by atoms with Crippen LogP contribution in [0.2, 0.25) is 19.6 Å². The zero-order valence-corrected chi connectivity index (χ0v) is 31.0. The van der Waals surface area contributed by atoms with Gasteiger partial charge in [-0.15, -0.1) is 47.5 Å². The van der Waals surface area contributed by atoms with Crippen LogP contribution in [0, 0.1) is 17.9 Å². The van der Waals surface area contributed by atoms with Gasteiger partial charge in [-0.25, -0.2) is 4.39 Å². The van der Waals surface area contributed by atoms with Crippen LogP contribution in [0.4, 0.5) is 21.5 Å². The molecule has 0 aliphatic heterocycles. The first-order valence-electron chi connectivity index (χ1n) is 16.3. The van der Waals surface area contributed by atoms with Crippen molar-refractivity contribution in [2.24, 2.45) is 0 Å². The first-order valence-corrected chi connectivity index (χ1v) is 19.8. The summed E-state index contributed by atoms with van der Waals surface area (Å²) in [6, 6.07) is 48.6. The van der Waals surface area contributed by atoms with Gasteiger partial charge in [-0.1, -0.05) is 111 Å². The molecule has 0 aliphatic rings. The van der Waals surface area contributed by atoms with Crippen molar-refractivity contribution in [3.63, 3.8) is 0 Å². The van der Waals surface area contributed by atoms with Crippen LogP contribution in [-0.2, 0) is 21.1 Å². The molecule has 3 aromatic heterocycles. The number of nitrogens with zero attached hydrogens (tertiary/aromatic N) is 3. The van der Waals surface area contributed by atoms with Gasteiger partial charge in [0.25, 0.3) is 0 Å². The molecule has 0 atom stereocenters. The molecule has 7 heteroatoms. The summed E-state index contributed by atoms with van der Waals surface area (Å²) >= 11 is 0. The Hall–Kier alpha value is -5.16. The zero-order valence-electron chi connectivity index (χ0n) is 27.7. The van der Waals surface area contributed by atoms with E-state index in [0.29, 0.717) is 16.9 Å². The van der Waals surface area contributed by atoms with Gasteiger partial charge in [-0.05, 0) is 45.6 Å². The number of furan rings is 1. The van der Waals surface area contributed by atoms with Crippen LogP contribution in [0.5, 0.6) is 0 Å². The van der Waals surface area contributed by atoms with Crippen LogP contribution >= 0.6 is 0 Å². The van der Waals surface area contributed by atoms with Crippen molar-refractivity contribution in [1.29, 1.82) is 0 Å². The van der Waals surface area contributed by atoms with E-state index in [9.17, 15) is 0 Å². The van der Waals surface area contributed by atoms with Gasteiger partial charge in [0.1, 0.15) is 5.58 Å². The number of hydrogen-bond acceptors (Lipinski definition) is 4. The molecule has 3 heterocycles. The molecule has 0 bridgehead atoms. The molecule has 0 saturated heterocycles. The van der Waals surface area contributed by atoms with E-state index in [1.54, 1.807) is 6.20 Å². The predicted molar refractivity (Wildman–Crippen MR) is 201 cm³/mol. The van der Waals surface area contributed by atoms with Crippen LogP contribution in [0.1, 0.15) is 0 Å². The third kappa shape index (κ3) is 6.45. The Morgan fingerprint density at radius 1 is 0.620 bits per heavy atom. The van der Waals surface area contributed by atoms with Crippen LogP contribution < -0.4 is 10.1 Å². The standard InChI is InChI=1S/C43H32FN3OSi.Pt/c1-49(2,3)35-20-21-39(45-27-35)31-22-32(44)25-34(24-31)47(41-18-9-7-16-36(41)29-12-5-4-6-13-29)33-15-11-14-30(23-33)40-26-38-37-17-8-10-19-42(37)48-43(38)28-46-40;/h4-22,25-28H,1-3H3;/q-2;+2. The number of hydrogen-bond donors (Lipinski definition) is 0. The van der Waals surface area contributed by atoms with Gasteiger partial charge in [0.15, 0.2) is 5.58 Å². The molecule has 4 nitrogen and oxygen atoms in total. The van der Waals surface area contributed by atoms with Gasteiger partial charge in [0.2, 0.25) is 0 Å². The molecule has 0 spiro atoms. The van der Waals surface area contributed by atoms with E-state index in [1.807, 2.05) is 96.0 Å². The summed E-state index contributed by atoms with van der Waals surface area (Å²) in [5.74, 6) is -0.378. The summed E-state index contributed by atoms with van der Waals surface area (Å²) in [7, 11) is -1.55. The Balaban J connectivity index is 0.00000392. The Kier molecular flexibility index (Phi) is 9.08. The number of benzene rings is 5. The maximum absolute atomic E-state index is 15.7. The summed E-state index contributed by atoms with van der Waals surface area (Å²) < 4.78 is 21.7. The Bertz CT molecular complexity index is 2460. The van der Waals surface area contributed by atoms with E-state index in [0.717, 1.165) is 55.7 Å². The Morgan fingerprint density at radius 3 is 2.16 bits per heavy atom. The molecule has 0 saturated carbocycles. The predicted octanol–water partition coefficient (Wildman–Crippen LogP) is 11.1. The molecule has 0 fully saturated rings. The second-order valence-electron chi connectivity index (χ2n) is 13.1. The summed E-state index contributed by atoms with van der Waals surface area (Å²) in [6.07, 6.45) is 3.69. The molecule has 8 aromatic rings. The average Bonchev–Trinajstić information content (AvgIpc) is 3.50. The maximum atomic E-state index is 15.7. The van der Waals surface area contributed by atoms with Crippen LogP contribution in [0.3, 0.4) is 0 Å². The molecule has 246 valence electrons. The molecule has 8 rings (SSSR count). The SMILES string of the molecule is C[Si](C)(C)c1ccc(-c2[c-]c(N(c3[c-]c(-c4cc5c(cn4)oc4ccccc45)ccc3)c3ccccc3-c3ccccc3)cc(F)c2)nc1.[Pt+2]. The number of halogens is 1. The number of aromatic nitrogens is 2. The van der Waals surface area contributed by atoms with Crippen molar-refractivity contribution >= 4 is 52.3 Å². The van der Waals surface area contributed by atoms with Gasteiger partial charge >= 0.3 is 21.1 Å². The monoisotopic (exact) mass is 848 g/mol. The normalized spacial score (nSPS) is 11.4. The average molecular weight is 849 g/mol. The molecule has 0 N–H and O–H groups in total. The summed E-state index contributed by atoms with van der Waals surface area (Å²) in [4.78, 5) is 11.5. The van der Waals surface area contributed by atoms with Gasteiger partial charge in [-0.3, -0.25) is 0 Å². The van der Waals surface area contributed by atoms with Gasteiger partial charge < -0.3 is 19.3 Å². The minimum atomic E-state index is -1.55. The van der Waals surface area contributed by atoms with E-state index in [2.05, 4.69) is 62.1 Å². The molecule has 0 amide bonds. The fourth-order valence-corrected chi connectivity index (χ4v) is 7.25. The zero-order chi connectivity index (χ0) is 33.5. The van der Waals surface area contributed by atoms with E-state index >= 15 is 4.39 Å². The molecular formula is C43H32FN3OPtSi. The molecule has 0 aliphatic carbocycles. The number of fused-ring (bicyclic) bond motifs is 3. The third-order valence-electron chi connectivity index (χ3n) is 8.76. The van der Waals surface area contributed by atoms with Crippen LogP contribution in [-0.4, -0.2) is 18.0 Å². The molecule has 50 heavy (non-hydrogen) atoms. The summed E-state index contributed by atoms with van der Waals surface area (Å²) in [5.41, 5.74) is 8.49. The van der Waals surface area contributed by atoms with Crippen LogP contribution in [0.25, 0.3) is 55.6 Å². The molecule has 0 unspecified atom stereocenters. The van der Waals surface area contributed by atoms with Crippen molar-refractivity contribution in [2.45, 2.75) is 19.6 Å². The van der Waals surface area contributed by atoms with E-state index < -0.39 is 8.07 Å². The van der Waals surface area contributed by atoms with Crippen molar-refractivity contribution in [2.75, 3.05) is 4.90 Å². The fourth-order valence-electron chi connectivity index (χ4n) is 6.21. The third-order valence-corrected chi connectivity index (χ3v) is 10.8. The quantitative estimate of drug-likeness (QED) is 0.118. The van der Waals surface area contributed by atoms with Crippen molar-refractivity contribution in [3.05, 3.63) is 158 Å². The number of rotatable bonds is 7. The minimum absolute atomic E-state index is 0. The summed E-state index contributed by atoms with van der Waals surface area (Å²) in [6.45, 7) is 6.86. The largest absolute Gasteiger partial charge is 2.00 e. The Labute approximate surface area is 306 Å². The molecule has 0 radical (unpaired) electrons. The van der Waals surface area contributed by atoms with Crippen molar-refractivity contribution < 1.29 is 29.9 Å². The van der Waals surface area contributed by atoms with E-state index in [4.69, 9.17) is 14.4 Å². The summed E-state index contributed by atoms with van der Waals surface area (Å²) in [5, 5.41) is 3.26.